The number of hydrogen-bond donors (Lipinski definition) is 1. The molecule has 1 aromatic carbocycles. The van der Waals surface area contributed by atoms with Crippen LogP contribution >= 0.6 is 0 Å². The van der Waals surface area contributed by atoms with Crippen LogP contribution in [0.3, 0.4) is 0 Å². The van der Waals surface area contributed by atoms with Gasteiger partial charge in [0.2, 0.25) is 0 Å². The molecule has 1 heterocycles. The van der Waals surface area contributed by atoms with Crippen molar-refractivity contribution >= 4 is 0 Å². The molecule has 118 valence electrons. The van der Waals surface area contributed by atoms with Gasteiger partial charge in [-0.2, -0.15) is 0 Å². The number of methoxy groups -OCH3 is 1. The van der Waals surface area contributed by atoms with Gasteiger partial charge in [-0.05, 0) is 36.3 Å². The van der Waals surface area contributed by atoms with Crippen molar-refractivity contribution in [2.75, 3.05) is 40.0 Å². The van der Waals surface area contributed by atoms with E-state index in [9.17, 15) is 8.78 Å². The fourth-order valence-electron chi connectivity index (χ4n) is 2.82. The second-order valence-electron chi connectivity index (χ2n) is 5.69. The summed E-state index contributed by atoms with van der Waals surface area (Å²) in [7, 11) is 1.67. The molecule has 0 saturated carbocycles. The predicted octanol–water partition coefficient (Wildman–Crippen LogP) is 2.54. The summed E-state index contributed by atoms with van der Waals surface area (Å²) < 4.78 is 37.4. The van der Waals surface area contributed by atoms with E-state index < -0.39 is 11.6 Å². The van der Waals surface area contributed by atoms with Gasteiger partial charge in [0, 0.05) is 39.5 Å². The van der Waals surface area contributed by atoms with E-state index in [0.29, 0.717) is 31.8 Å². The molecule has 1 aliphatic heterocycles. The van der Waals surface area contributed by atoms with Crippen LogP contribution < -0.4 is 5.32 Å². The molecule has 0 atom stereocenters. The van der Waals surface area contributed by atoms with Gasteiger partial charge in [-0.15, -0.1) is 0 Å². The predicted molar refractivity (Wildman–Crippen MR) is 77.3 cm³/mol. The summed E-state index contributed by atoms with van der Waals surface area (Å²) in [6.45, 7) is 3.59. The Labute approximate surface area is 124 Å². The third kappa shape index (κ3) is 4.73. The van der Waals surface area contributed by atoms with E-state index in [-0.39, 0.29) is 5.41 Å². The molecule has 0 radical (unpaired) electrons. The normalized spacial score (nSPS) is 17.9. The number of rotatable bonds is 7. The topological polar surface area (TPSA) is 30.5 Å². The highest BCUT2D eigenvalue weighted by atomic mass is 19.1. The minimum Gasteiger partial charge on any atom is -0.383 e. The summed E-state index contributed by atoms with van der Waals surface area (Å²) in [4.78, 5) is 0. The Hall–Kier alpha value is -1.04. The summed E-state index contributed by atoms with van der Waals surface area (Å²) in [5.74, 6) is -0.992. The molecule has 5 heteroatoms. The van der Waals surface area contributed by atoms with Crippen LogP contribution in [0.4, 0.5) is 8.78 Å². The van der Waals surface area contributed by atoms with Gasteiger partial charge in [0.05, 0.1) is 6.61 Å². The molecular formula is C16H23F2NO2. The highest BCUT2D eigenvalue weighted by molar-refractivity contribution is 5.20. The number of ether oxygens (including phenoxy) is 2. The number of hydrogen-bond acceptors (Lipinski definition) is 3. The van der Waals surface area contributed by atoms with Crippen molar-refractivity contribution in [3.8, 4) is 0 Å². The minimum absolute atomic E-state index is 0.0370. The molecule has 1 fully saturated rings. The summed E-state index contributed by atoms with van der Waals surface area (Å²) in [5.41, 5.74) is 0.539. The zero-order chi connectivity index (χ0) is 15.1. The van der Waals surface area contributed by atoms with Crippen molar-refractivity contribution in [2.24, 2.45) is 5.41 Å². The van der Waals surface area contributed by atoms with Crippen LogP contribution in [0.5, 0.6) is 0 Å². The summed E-state index contributed by atoms with van der Waals surface area (Å²) in [6.07, 6.45) is 2.36. The fraction of sp³-hybridized carbons (Fsp3) is 0.625. The van der Waals surface area contributed by atoms with Crippen LogP contribution in [0.1, 0.15) is 18.4 Å². The van der Waals surface area contributed by atoms with E-state index in [1.54, 1.807) is 13.2 Å². The van der Waals surface area contributed by atoms with Gasteiger partial charge in [-0.25, -0.2) is 8.78 Å². The quantitative estimate of drug-likeness (QED) is 0.785. The summed E-state index contributed by atoms with van der Waals surface area (Å²) in [6, 6.07) is 3.83. The van der Waals surface area contributed by atoms with Gasteiger partial charge in [0.25, 0.3) is 0 Å². The molecule has 1 saturated heterocycles. The van der Waals surface area contributed by atoms with Gasteiger partial charge in [0.15, 0.2) is 0 Å². The fourth-order valence-corrected chi connectivity index (χ4v) is 2.82. The number of benzene rings is 1. The van der Waals surface area contributed by atoms with Gasteiger partial charge in [-0.1, -0.05) is 6.07 Å². The van der Waals surface area contributed by atoms with Gasteiger partial charge in [0.1, 0.15) is 11.6 Å². The Balaban J connectivity index is 2.04. The van der Waals surface area contributed by atoms with E-state index in [4.69, 9.17) is 9.47 Å². The smallest absolute Gasteiger partial charge is 0.129 e. The maximum atomic E-state index is 13.9. The highest BCUT2D eigenvalue weighted by Gasteiger charge is 2.33. The van der Waals surface area contributed by atoms with Crippen molar-refractivity contribution in [2.45, 2.75) is 19.3 Å². The lowest BCUT2D eigenvalue weighted by Gasteiger charge is -2.38. The molecular weight excluding hydrogens is 276 g/mol. The maximum absolute atomic E-state index is 13.9. The Bertz CT molecular complexity index is 448. The zero-order valence-corrected chi connectivity index (χ0v) is 12.5. The second kappa shape index (κ2) is 7.82. The molecule has 0 unspecified atom stereocenters. The van der Waals surface area contributed by atoms with E-state index in [1.807, 2.05) is 0 Å². The van der Waals surface area contributed by atoms with Gasteiger partial charge >= 0.3 is 0 Å². The molecule has 3 nitrogen and oxygen atoms in total. The van der Waals surface area contributed by atoms with E-state index >= 15 is 0 Å². The average Bonchev–Trinajstić information content (AvgIpc) is 2.48. The maximum Gasteiger partial charge on any atom is 0.129 e. The first-order valence-corrected chi connectivity index (χ1v) is 7.37. The Kier molecular flexibility index (Phi) is 6.08. The zero-order valence-electron chi connectivity index (χ0n) is 12.5. The standard InChI is InChI=1S/C16H23F2NO2/c1-20-9-6-19-12-16(4-7-21-8-5-16)11-13-2-3-14(17)10-15(13)18/h2-3,10,19H,4-9,11-12H2,1H3. The first-order chi connectivity index (χ1) is 10.2. The Morgan fingerprint density at radius 1 is 1.29 bits per heavy atom. The SMILES string of the molecule is COCCNCC1(Cc2ccc(F)cc2F)CCOCC1. The molecule has 0 aromatic heterocycles. The van der Waals surface area contributed by atoms with Crippen LogP contribution in [0.15, 0.2) is 18.2 Å². The third-order valence-electron chi connectivity index (χ3n) is 4.12. The molecule has 0 aliphatic carbocycles. The highest BCUT2D eigenvalue weighted by Crippen LogP contribution is 2.34. The summed E-state index contributed by atoms with van der Waals surface area (Å²) >= 11 is 0. The Morgan fingerprint density at radius 3 is 2.71 bits per heavy atom. The van der Waals surface area contributed by atoms with Crippen molar-refractivity contribution < 1.29 is 18.3 Å². The van der Waals surface area contributed by atoms with Crippen molar-refractivity contribution in [3.63, 3.8) is 0 Å². The van der Waals surface area contributed by atoms with Crippen molar-refractivity contribution in [1.29, 1.82) is 0 Å². The lowest BCUT2D eigenvalue weighted by atomic mass is 9.75. The monoisotopic (exact) mass is 299 g/mol. The molecule has 0 bridgehead atoms. The Morgan fingerprint density at radius 2 is 2.05 bits per heavy atom. The third-order valence-corrected chi connectivity index (χ3v) is 4.12. The van der Waals surface area contributed by atoms with E-state index in [2.05, 4.69) is 5.32 Å². The van der Waals surface area contributed by atoms with Crippen LogP contribution in [0, 0.1) is 17.0 Å². The molecule has 1 N–H and O–H groups in total. The first kappa shape index (κ1) is 16.3. The van der Waals surface area contributed by atoms with Crippen molar-refractivity contribution in [3.05, 3.63) is 35.4 Å². The van der Waals surface area contributed by atoms with Crippen LogP contribution in [-0.2, 0) is 15.9 Å². The molecule has 2 rings (SSSR count). The molecule has 0 amide bonds. The van der Waals surface area contributed by atoms with Crippen LogP contribution in [0.2, 0.25) is 0 Å². The lowest BCUT2D eigenvalue weighted by Crippen LogP contribution is -2.41. The largest absolute Gasteiger partial charge is 0.383 e. The average molecular weight is 299 g/mol. The molecule has 1 aliphatic rings. The number of nitrogens with one attached hydrogen (secondary N) is 1. The molecule has 0 spiro atoms. The second-order valence-corrected chi connectivity index (χ2v) is 5.69. The molecule has 21 heavy (non-hydrogen) atoms. The van der Waals surface area contributed by atoms with E-state index in [1.165, 1.54) is 6.07 Å². The van der Waals surface area contributed by atoms with E-state index in [0.717, 1.165) is 32.0 Å². The lowest BCUT2D eigenvalue weighted by molar-refractivity contribution is 0.0139. The first-order valence-electron chi connectivity index (χ1n) is 7.37. The van der Waals surface area contributed by atoms with Gasteiger partial charge in [-0.3, -0.25) is 0 Å². The van der Waals surface area contributed by atoms with Crippen LogP contribution in [0.25, 0.3) is 0 Å². The number of halogens is 2. The minimum atomic E-state index is -0.532. The molecule has 1 aromatic rings. The van der Waals surface area contributed by atoms with Crippen molar-refractivity contribution in [1.82, 2.24) is 5.32 Å². The van der Waals surface area contributed by atoms with Gasteiger partial charge < -0.3 is 14.8 Å². The van der Waals surface area contributed by atoms with Crippen LogP contribution in [-0.4, -0.2) is 40.0 Å². The summed E-state index contributed by atoms with van der Waals surface area (Å²) in [5, 5.41) is 3.37.